The van der Waals surface area contributed by atoms with Crippen LogP contribution in [0.2, 0.25) is 0 Å². The molecule has 5 aliphatic rings. The van der Waals surface area contributed by atoms with Crippen LogP contribution in [-0.4, -0.2) is 33.4 Å². The highest BCUT2D eigenvalue weighted by Gasteiger charge is 2.83. The van der Waals surface area contributed by atoms with Gasteiger partial charge >= 0.3 is 11.9 Å². The molecule has 0 radical (unpaired) electrons. The molecule has 4 saturated carbocycles. The average molecular weight is 346 g/mol. The molecule has 5 heteroatoms. The van der Waals surface area contributed by atoms with E-state index in [2.05, 4.69) is 13.5 Å². The largest absolute Gasteiger partial charge is 0.481 e. The van der Waals surface area contributed by atoms with E-state index in [-0.39, 0.29) is 23.7 Å². The highest BCUT2D eigenvalue weighted by Crippen LogP contribution is 2.79. The van der Waals surface area contributed by atoms with E-state index in [4.69, 9.17) is 4.74 Å². The monoisotopic (exact) mass is 346 g/mol. The summed E-state index contributed by atoms with van der Waals surface area (Å²) in [5.74, 6) is -1.86. The first-order chi connectivity index (χ1) is 11.6. The van der Waals surface area contributed by atoms with Crippen molar-refractivity contribution < 1.29 is 24.5 Å². The highest BCUT2D eigenvalue weighted by molar-refractivity contribution is 5.85. The van der Waals surface area contributed by atoms with Crippen LogP contribution < -0.4 is 0 Å². The molecule has 1 saturated heterocycles. The number of rotatable bonds is 1. The lowest BCUT2D eigenvalue weighted by Gasteiger charge is -2.46. The van der Waals surface area contributed by atoms with E-state index in [0.717, 1.165) is 18.4 Å². The normalized spacial score (nSPS) is 58.7. The maximum absolute atomic E-state index is 12.9. The van der Waals surface area contributed by atoms with Gasteiger partial charge in [-0.1, -0.05) is 13.5 Å². The molecule has 0 aromatic rings. The van der Waals surface area contributed by atoms with Crippen molar-refractivity contribution in [3.05, 3.63) is 12.2 Å². The standard InChI is InChI=1S/C20H26O5/c1-10-4-7-20-12-5-6-19(24)9-18(12,8-11(19)2)13(15(21)22)14(20)17(10,3)16(23)25-20/h10,12-14,24H,2,4-9H2,1,3H3,(H,21,22)/t10-,12?,13+,14?,17-,18-,19-,20+/m0/s1. The summed E-state index contributed by atoms with van der Waals surface area (Å²) >= 11 is 0. The van der Waals surface area contributed by atoms with E-state index in [1.54, 1.807) is 0 Å². The Morgan fingerprint density at radius 2 is 2.04 bits per heavy atom. The number of aliphatic carboxylic acids is 1. The minimum absolute atomic E-state index is 0.0175. The zero-order valence-corrected chi connectivity index (χ0v) is 14.9. The summed E-state index contributed by atoms with van der Waals surface area (Å²) in [6, 6.07) is 0. The van der Waals surface area contributed by atoms with Gasteiger partial charge in [-0.3, -0.25) is 9.59 Å². The van der Waals surface area contributed by atoms with Crippen LogP contribution >= 0.6 is 0 Å². The summed E-state index contributed by atoms with van der Waals surface area (Å²) in [5, 5.41) is 21.2. The van der Waals surface area contributed by atoms with Crippen molar-refractivity contribution in [1.82, 2.24) is 0 Å². The first kappa shape index (κ1) is 15.9. The molecule has 8 atom stereocenters. The lowest BCUT2D eigenvalue weighted by molar-refractivity contribution is -0.163. The number of esters is 1. The maximum atomic E-state index is 12.9. The first-order valence-corrected chi connectivity index (χ1v) is 9.49. The Morgan fingerprint density at radius 3 is 2.72 bits per heavy atom. The summed E-state index contributed by atoms with van der Waals surface area (Å²) in [4.78, 5) is 25.4. The first-order valence-electron chi connectivity index (χ1n) is 9.49. The fourth-order valence-corrected chi connectivity index (χ4v) is 7.89. The van der Waals surface area contributed by atoms with E-state index in [1.807, 2.05) is 6.92 Å². The third kappa shape index (κ3) is 1.41. The number of carbonyl (C=O) groups excluding carboxylic acids is 1. The number of hydrogen-bond acceptors (Lipinski definition) is 4. The molecule has 1 spiro atoms. The lowest BCUT2D eigenvalue weighted by Crippen LogP contribution is -2.50. The van der Waals surface area contributed by atoms with Gasteiger partial charge in [-0.05, 0) is 62.4 Å². The fourth-order valence-electron chi connectivity index (χ4n) is 7.89. The molecule has 2 unspecified atom stereocenters. The number of fused-ring (bicyclic) bond motifs is 1. The molecule has 1 aliphatic heterocycles. The summed E-state index contributed by atoms with van der Waals surface area (Å²) in [6.45, 7) is 8.07. The molecule has 2 N–H and O–H groups in total. The Hall–Kier alpha value is -1.36. The minimum Gasteiger partial charge on any atom is -0.481 e. The van der Waals surface area contributed by atoms with Gasteiger partial charge in [-0.15, -0.1) is 0 Å². The smallest absolute Gasteiger partial charge is 0.313 e. The molecule has 25 heavy (non-hydrogen) atoms. The van der Waals surface area contributed by atoms with E-state index in [0.29, 0.717) is 25.7 Å². The second-order valence-electron chi connectivity index (χ2n) is 9.67. The van der Waals surface area contributed by atoms with Crippen molar-refractivity contribution in [1.29, 1.82) is 0 Å². The summed E-state index contributed by atoms with van der Waals surface area (Å²) in [5.41, 5.74) is -2.09. The number of carboxylic acid groups (broad SMARTS) is 1. The van der Waals surface area contributed by atoms with Crippen LogP contribution in [0.5, 0.6) is 0 Å². The van der Waals surface area contributed by atoms with Gasteiger partial charge in [0.1, 0.15) is 5.60 Å². The van der Waals surface area contributed by atoms with Gasteiger partial charge in [0.2, 0.25) is 0 Å². The van der Waals surface area contributed by atoms with Crippen LogP contribution in [0, 0.1) is 34.5 Å². The van der Waals surface area contributed by atoms with Crippen molar-refractivity contribution >= 4 is 11.9 Å². The number of hydrogen-bond donors (Lipinski definition) is 2. The molecular formula is C20H26O5. The van der Waals surface area contributed by atoms with E-state index in [1.165, 1.54) is 0 Å². The number of carboxylic acids is 1. The molecule has 5 nitrogen and oxygen atoms in total. The number of carbonyl (C=O) groups is 2. The fraction of sp³-hybridized carbons (Fsp3) is 0.800. The van der Waals surface area contributed by atoms with Crippen LogP contribution in [0.15, 0.2) is 12.2 Å². The maximum Gasteiger partial charge on any atom is 0.313 e. The summed E-state index contributed by atoms with van der Waals surface area (Å²) in [6.07, 6.45) is 3.96. The summed E-state index contributed by atoms with van der Waals surface area (Å²) < 4.78 is 6.12. The van der Waals surface area contributed by atoms with E-state index < -0.39 is 33.9 Å². The van der Waals surface area contributed by atoms with Crippen LogP contribution in [0.3, 0.4) is 0 Å². The molecule has 0 aromatic carbocycles. The predicted molar refractivity (Wildman–Crippen MR) is 88.4 cm³/mol. The number of ether oxygens (including phenoxy) is 1. The SMILES string of the molecule is C=C1C[C@]23C[C@@]1(O)CCC2[C@@]12CC[C@H](C)[C@](C)(C(=O)O1)C2[C@@H]3C(=O)O. The van der Waals surface area contributed by atoms with Crippen LogP contribution in [0.1, 0.15) is 52.4 Å². The topological polar surface area (TPSA) is 83.8 Å². The Morgan fingerprint density at radius 1 is 1.32 bits per heavy atom. The van der Waals surface area contributed by atoms with E-state index >= 15 is 0 Å². The molecule has 0 aromatic heterocycles. The van der Waals surface area contributed by atoms with Crippen LogP contribution in [0.4, 0.5) is 0 Å². The quantitative estimate of drug-likeness (QED) is 0.563. The molecule has 136 valence electrons. The lowest BCUT2D eigenvalue weighted by atomic mass is 9.56. The molecule has 4 bridgehead atoms. The van der Waals surface area contributed by atoms with Gasteiger partial charge in [0.25, 0.3) is 0 Å². The molecule has 1 heterocycles. The van der Waals surface area contributed by atoms with Crippen molar-refractivity contribution in [2.24, 2.45) is 34.5 Å². The molecule has 5 rings (SSSR count). The van der Waals surface area contributed by atoms with Gasteiger partial charge in [0, 0.05) is 11.8 Å². The third-order valence-electron chi connectivity index (χ3n) is 9.06. The van der Waals surface area contributed by atoms with Gasteiger partial charge < -0.3 is 14.9 Å². The van der Waals surface area contributed by atoms with E-state index in [9.17, 15) is 19.8 Å². The zero-order valence-electron chi connectivity index (χ0n) is 14.9. The minimum atomic E-state index is -0.940. The molecule has 5 fully saturated rings. The second kappa shape index (κ2) is 4.13. The van der Waals surface area contributed by atoms with Crippen molar-refractivity contribution in [2.45, 2.75) is 63.6 Å². The number of aliphatic hydroxyl groups is 1. The molecule has 4 aliphatic carbocycles. The third-order valence-corrected chi connectivity index (χ3v) is 9.06. The van der Waals surface area contributed by atoms with Crippen LogP contribution in [0.25, 0.3) is 0 Å². The van der Waals surface area contributed by atoms with Gasteiger partial charge in [-0.25, -0.2) is 0 Å². The Bertz CT molecular complexity index is 730. The average Bonchev–Trinajstić information content (AvgIpc) is 2.95. The van der Waals surface area contributed by atoms with Gasteiger partial charge in [0.15, 0.2) is 0 Å². The van der Waals surface area contributed by atoms with Crippen molar-refractivity contribution in [2.75, 3.05) is 0 Å². The Kier molecular flexibility index (Phi) is 2.62. The Balaban J connectivity index is 1.76. The second-order valence-corrected chi connectivity index (χ2v) is 9.67. The van der Waals surface area contributed by atoms with Crippen LogP contribution in [-0.2, 0) is 14.3 Å². The van der Waals surface area contributed by atoms with Gasteiger partial charge in [-0.2, -0.15) is 0 Å². The Labute approximate surface area is 147 Å². The molecular weight excluding hydrogens is 320 g/mol. The molecule has 0 amide bonds. The van der Waals surface area contributed by atoms with Crippen molar-refractivity contribution in [3.63, 3.8) is 0 Å². The zero-order chi connectivity index (χ0) is 18.0. The summed E-state index contributed by atoms with van der Waals surface area (Å²) in [7, 11) is 0. The van der Waals surface area contributed by atoms with Gasteiger partial charge in [0.05, 0.1) is 16.9 Å². The van der Waals surface area contributed by atoms with Crippen molar-refractivity contribution in [3.8, 4) is 0 Å². The highest BCUT2D eigenvalue weighted by atomic mass is 16.6. The predicted octanol–water partition coefficient (Wildman–Crippen LogP) is 2.53.